The van der Waals surface area contributed by atoms with Gasteiger partial charge < -0.3 is 10.6 Å². The Hall–Kier alpha value is -1.36. The van der Waals surface area contributed by atoms with Crippen LogP contribution in [-0.2, 0) is 9.59 Å². The SMILES string of the molecule is CC(=O)Nc1ccc(NC(=O)C(Br)C(C)C)cc1C. The minimum atomic E-state index is -0.220. The topological polar surface area (TPSA) is 58.2 Å². The van der Waals surface area contributed by atoms with Crippen molar-refractivity contribution in [3.63, 3.8) is 0 Å². The summed E-state index contributed by atoms with van der Waals surface area (Å²) in [5, 5.41) is 5.58. The van der Waals surface area contributed by atoms with Crippen LogP contribution in [0, 0.1) is 12.8 Å². The molecule has 0 bridgehead atoms. The minimum Gasteiger partial charge on any atom is -0.326 e. The number of alkyl halides is 1. The maximum Gasteiger partial charge on any atom is 0.238 e. The predicted octanol–water partition coefficient (Wildman–Crippen LogP) is 3.31. The number of benzene rings is 1. The van der Waals surface area contributed by atoms with E-state index in [9.17, 15) is 9.59 Å². The summed E-state index contributed by atoms with van der Waals surface area (Å²) < 4.78 is 0. The Morgan fingerprint density at radius 2 is 1.84 bits per heavy atom. The molecule has 0 aliphatic heterocycles. The zero-order valence-corrected chi connectivity index (χ0v) is 13.2. The van der Waals surface area contributed by atoms with E-state index in [1.165, 1.54) is 6.92 Å². The summed E-state index contributed by atoms with van der Waals surface area (Å²) in [4.78, 5) is 22.7. The zero-order valence-electron chi connectivity index (χ0n) is 11.6. The van der Waals surface area contributed by atoms with E-state index in [1.807, 2.05) is 26.8 Å². The van der Waals surface area contributed by atoms with Crippen LogP contribution in [0.5, 0.6) is 0 Å². The number of rotatable bonds is 4. The molecule has 1 rings (SSSR count). The third-order valence-electron chi connectivity index (χ3n) is 2.64. The Morgan fingerprint density at radius 1 is 1.21 bits per heavy atom. The summed E-state index contributed by atoms with van der Waals surface area (Å²) in [5.41, 5.74) is 2.38. The van der Waals surface area contributed by atoms with E-state index in [-0.39, 0.29) is 22.6 Å². The number of hydrogen-bond donors (Lipinski definition) is 2. The van der Waals surface area contributed by atoms with E-state index in [2.05, 4.69) is 26.6 Å². The summed E-state index contributed by atoms with van der Waals surface area (Å²) in [5.74, 6) is 0.0432. The molecule has 0 heterocycles. The lowest BCUT2D eigenvalue weighted by Gasteiger charge is -2.15. The van der Waals surface area contributed by atoms with Gasteiger partial charge in [0.2, 0.25) is 11.8 Å². The number of aryl methyl sites for hydroxylation is 1. The molecule has 1 unspecified atom stereocenters. The average molecular weight is 327 g/mol. The van der Waals surface area contributed by atoms with Crippen molar-refractivity contribution in [1.29, 1.82) is 0 Å². The minimum absolute atomic E-state index is 0.0679. The number of halogens is 1. The standard InChI is InChI=1S/C14H19BrN2O2/c1-8(2)13(15)14(19)17-11-5-6-12(9(3)7-11)16-10(4)18/h5-8,13H,1-4H3,(H,16,18)(H,17,19). The van der Waals surface area contributed by atoms with Crippen molar-refractivity contribution in [2.75, 3.05) is 10.6 Å². The Balaban J connectivity index is 2.79. The van der Waals surface area contributed by atoms with E-state index in [4.69, 9.17) is 0 Å². The molecule has 0 saturated heterocycles. The summed E-state index contributed by atoms with van der Waals surface area (Å²) in [7, 11) is 0. The highest BCUT2D eigenvalue weighted by Crippen LogP contribution is 2.21. The molecule has 0 aliphatic rings. The summed E-state index contributed by atoms with van der Waals surface area (Å²) in [6, 6.07) is 5.39. The molecule has 19 heavy (non-hydrogen) atoms. The highest BCUT2D eigenvalue weighted by Gasteiger charge is 2.18. The Kier molecular flexibility index (Phi) is 5.54. The van der Waals surface area contributed by atoms with Crippen LogP contribution in [0.4, 0.5) is 11.4 Å². The molecule has 1 atom stereocenters. The largest absolute Gasteiger partial charge is 0.326 e. The molecule has 4 nitrogen and oxygen atoms in total. The first kappa shape index (κ1) is 15.7. The molecule has 1 aromatic rings. The maximum absolute atomic E-state index is 11.9. The van der Waals surface area contributed by atoms with E-state index in [1.54, 1.807) is 12.1 Å². The van der Waals surface area contributed by atoms with Crippen LogP contribution >= 0.6 is 15.9 Å². The molecule has 0 saturated carbocycles. The molecule has 2 amide bonds. The lowest BCUT2D eigenvalue weighted by molar-refractivity contribution is -0.116. The van der Waals surface area contributed by atoms with Gasteiger partial charge in [-0.1, -0.05) is 29.8 Å². The molecule has 5 heteroatoms. The quantitative estimate of drug-likeness (QED) is 0.834. The van der Waals surface area contributed by atoms with Crippen LogP contribution in [0.15, 0.2) is 18.2 Å². The van der Waals surface area contributed by atoms with Crippen LogP contribution in [0.25, 0.3) is 0 Å². The second-order valence-electron chi connectivity index (χ2n) is 4.85. The molecular formula is C14H19BrN2O2. The fourth-order valence-electron chi connectivity index (χ4n) is 1.59. The van der Waals surface area contributed by atoms with Crippen molar-refractivity contribution in [3.8, 4) is 0 Å². The second-order valence-corrected chi connectivity index (χ2v) is 5.83. The van der Waals surface area contributed by atoms with Gasteiger partial charge in [-0.05, 0) is 36.6 Å². The number of nitrogens with one attached hydrogen (secondary N) is 2. The van der Waals surface area contributed by atoms with Crippen LogP contribution in [0.2, 0.25) is 0 Å². The third kappa shape index (κ3) is 4.67. The van der Waals surface area contributed by atoms with E-state index >= 15 is 0 Å². The first-order chi connectivity index (χ1) is 8.81. The van der Waals surface area contributed by atoms with E-state index < -0.39 is 0 Å². The van der Waals surface area contributed by atoms with Gasteiger partial charge in [-0.2, -0.15) is 0 Å². The van der Waals surface area contributed by atoms with Crippen molar-refractivity contribution in [3.05, 3.63) is 23.8 Å². The van der Waals surface area contributed by atoms with Gasteiger partial charge in [0, 0.05) is 18.3 Å². The Bertz CT molecular complexity index is 486. The van der Waals surface area contributed by atoms with E-state index in [0.29, 0.717) is 0 Å². The van der Waals surface area contributed by atoms with Crippen molar-refractivity contribution in [2.24, 2.45) is 5.92 Å². The summed E-state index contributed by atoms with van der Waals surface area (Å²) in [6.07, 6.45) is 0. The van der Waals surface area contributed by atoms with Crippen molar-refractivity contribution >= 4 is 39.1 Å². The summed E-state index contributed by atoms with van der Waals surface area (Å²) >= 11 is 3.36. The highest BCUT2D eigenvalue weighted by atomic mass is 79.9. The average Bonchev–Trinajstić information content (AvgIpc) is 2.31. The third-order valence-corrected chi connectivity index (χ3v) is 4.11. The molecule has 0 spiro atoms. The van der Waals surface area contributed by atoms with Gasteiger partial charge in [-0.25, -0.2) is 0 Å². The smallest absolute Gasteiger partial charge is 0.238 e. The van der Waals surface area contributed by atoms with Gasteiger partial charge in [-0.15, -0.1) is 0 Å². The van der Waals surface area contributed by atoms with Gasteiger partial charge in [0.15, 0.2) is 0 Å². The molecule has 2 N–H and O–H groups in total. The van der Waals surface area contributed by atoms with Crippen LogP contribution in [0.3, 0.4) is 0 Å². The number of amides is 2. The van der Waals surface area contributed by atoms with Gasteiger partial charge in [0.1, 0.15) is 0 Å². The lowest BCUT2D eigenvalue weighted by atomic mass is 10.1. The molecule has 0 aliphatic carbocycles. The highest BCUT2D eigenvalue weighted by molar-refractivity contribution is 9.10. The second kappa shape index (κ2) is 6.70. The maximum atomic E-state index is 11.9. The van der Waals surface area contributed by atoms with Gasteiger partial charge in [-0.3, -0.25) is 9.59 Å². The number of carbonyl (C=O) groups is 2. The number of carbonyl (C=O) groups excluding carboxylic acids is 2. The molecule has 1 aromatic carbocycles. The van der Waals surface area contributed by atoms with Gasteiger partial charge in [0.25, 0.3) is 0 Å². The molecule has 0 aromatic heterocycles. The molecule has 104 valence electrons. The first-order valence-electron chi connectivity index (χ1n) is 6.14. The zero-order chi connectivity index (χ0) is 14.6. The Labute approximate surface area is 122 Å². The first-order valence-corrected chi connectivity index (χ1v) is 7.06. The van der Waals surface area contributed by atoms with Gasteiger partial charge in [0.05, 0.1) is 4.83 Å². The number of hydrogen-bond acceptors (Lipinski definition) is 2. The van der Waals surface area contributed by atoms with Crippen molar-refractivity contribution in [2.45, 2.75) is 32.5 Å². The molecular weight excluding hydrogens is 308 g/mol. The lowest BCUT2D eigenvalue weighted by Crippen LogP contribution is -2.27. The van der Waals surface area contributed by atoms with E-state index in [0.717, 1.165) is 16.9 Å². The van der Waals surface area contributed by atoms with Crippen LogP contribution < -0.4 is 10.6 Å². The van der Waals surface area contributed by atoms with Crippen molar-refractivity contribution < 1.29 is 9.59 Å². The fraction of sp³-hybridized carbons (Fsp3) is 0.429. The Morgan fingerprint density at radius 3 is 2.32 bits per heavy atom. The van der Waals surface area contributed by atoms with Crippen molar-refractivity contribution in [1.82, 2.24) is 0 Å². The van der Waals surface area contributed by atoms with Crippen LogP contribution in [0.1, 0.15) is 26.3 Å². The fourth-order valence-corrected chi connectivity index (χ4v) is 1.70. The monoisotopic (exact) mass is 326 g/mol. The molecule has 0 radical (unpaired) electrons. The predicted molar refractivity (Wildman–Crippen MR) is 81.7 cm³/mol. The normalized spacial score (nSPS) is 12.1. The summed E-state index contributed by atoms with van der Waals surface area (Å²) in [6.45, 7) is 7.30. The molecule has 0 fully saturated rings. The number of anilines is 2. The van der Waals surface area contributed by atoms with Crippen LogP contribution in [-0.4, -0.2) is 16.6 Å². The van der Waals surface area contributed by atoms with Gasteiger partial charge >= 0.3 is 0 Å².